The number of halogens is 1. The molecule has 0 bridgehead atoms. The van der Waals surface area contributed by atoms with Gasteiger partial charge in [-0.25, -0.2) is 4.99 Å². The molecule has 0 spiro atoms. The summed E-state index contributed by atoms with van der Waals surface area (Å²) < 4.78 is 3.12. The van der Waals surface area contributed by atoms with E-state index < -0.39 is 0 Å². The maximum absolute atomic E-state index is 11.7. The first-order valence-electron chi connectivity index (χ1n) is 7.54. The number of amides is 1. The molecular formula is C15H26BrN5O. The summed E-state index contributed by atoms with van der Waals surface area (Å²) in [5.41, 5.74) is 1.16. The Balaban J connectivity index is 2.68. The Morgan fingerprint density at radius 2 is 2.14 bits per heavy atom. The third-order valence-electron chi connectivity index (χ3n) is 3.11. The predicted octanol–water partition coefficient (Wildman–Crippen LogP) is 1.71. The van der Waals surface area contributed by atoms with Gasteiger partial charge >= 0.3 is 0 Å². The van der Waals surface area contributed by atoms with Crippen LogP contribution in [-0.4, -0.2) is 48.0 Å². The van der Waals surface area contributed by atoms with Gasteiger partial charge < -0.3 is 20.1 Å². The molecule has 0 radical (unpaired) electrons. The highest BCUT2D eigenvalue weighted by atomic mass is 79.9. The summed E-state index contributed by atoms with van der Waals surface area (Å²) in [6, 6.07) is 2.08. The van der Waals surface area contributed by atoms with E-state index in [1.165, 1.54) is 0 Å². The molecule has 0 fully saturated rings. The third-order valence-corrected chi connectivity index (χ3v) is 3.55. The summed E-state index contributed by atoms with van der Waals surface area (Å²) in [4.78, 5) is 18.1. The average Bonchev–Trinajstić information content (AvgIpc) is 2.78. The molecule has 1 rings (SSSR count). The first-order valence-corrected chi connectivity index (χ1v) is 8.34. The summed E-state index contributed by atoms with van der Waals surface area (Å²) in [6.07, 6.45) is 2.95. The lowest BCUT2D eigenvalue weighted by atomic mass is 10.4. The van der Waals surface area contributed by atoms with Crippen LogP contribution in [0.2, 0.25) is 0 Å². The van der Waals surface area contributed by atoms with Crippen LogP contribution in [0, 0.1) is 0 Å². The van der Waals surface area contributed by atoms with Gasteiger partial charge in [-0.1, -0.05) is 6.92 Å². The van der Waals surface area contributed by atoms with Crippen LogP contribution in [-0.2, 0) is 18.4 Å². The van der Waals surface area contributed by atoms with Crippen molar-refractivity contribution in [1.29, 1.82) is 0 Å². The normalized spacial score (nSPS) is 11.4. The fourth-order valence-corrected chi connectivity index (χ4v) is 2.55. The molecule has 6 nitrogen and oxygen atoms in total. The highest BCUT2D eigenvalue weighted by Gasteiger charge is 2.10. The minimum Gasteiger partial charge on any atom is -0.357 e. The Hall–Kier alpha value is -1.50. The smallest absolute Gasteiger partial charge is 0.241 e. The van der Waals surface area contributed by atoms with E-state index in [1.54, 1.807) is 0 Å². The Labute approximate surface area is 141 Å². The monoisotopic (exact) mass is 371 g/mol. The molecule has 0 aliphatic heterocycles. The average molecular weight is 372 g/mol. The molecule has 0 aliphatic carbocycles. The van der Waals surface area contributed by atoms with E-state index in [9.17, 15) is 4.79 Å². The van der Waals surface area contributed by atoms with E-state index in [-0.39, 0.29) is 12.5 Å². The van der Waals surface area contributed by atoms with Crippen LogP contribution in [0.15, 0.2) is 21.7 Å². The van der Waals surface area contributed by atoms with E-state index >= 15 is 0 Å². The maximum atomic E-state index is 11.7. The lowest BCUT2D eigenvalue weighted by molar-refractivity contribution is -0.119. The Kier molecular flexibility index (Phi) is 8.01. The van der Waals surface area contributed by atoms with Crippen molar-refractivity contribution in [3.63, 3.8) is 0 Å². The van der Waals surface area contributed by atoms with Gasteiger partial charge in [-0.15, -0.1) is 0 Å². The van der Waals surface area contributed by atoms with Crippen LogP contribution in [0.3, 0.4) is 0 Å². The van der Waals surface area contributed by atoms with Gasteiger partial charge in [-0.05, 0) is 35.3 Å². The third kappa shape index (κ3) is 6.09. The van der Waals surface area contributed by atoms with E-state index in [0.29, 0.717) is 13.1 Å². The lowest BCUT2D eigenvalue weighted by Crippen LogP contribution is -2.39. The summed E-state index contributed by atoms with van der Waals surface area (Å²) in [5, 5.41) is 6.04. The molecule has 124 valence electrons. The van der Waals surface area contributed by atoms with Gasteiger partial charge in [0.15, 0.2) is 5.96 Å². The van der Waals surface area contributed by atoms with E-state index in [2.05, 4.69) is 42.2 Å². The van der Waals surface area contributed by atoms with Crippen molar-refractivity contribution in [2.45, 2.75) is 26.8 Å². The quantitative estimate of drug-likeness (QED) is 0.566. The van der Waals surface area contributed by atoms with Crippen molar-refractivity contribution in [3.8, 4) is 0 Å². The zero-order chi connectivity index (χ0) is 16.5. The molecule has 7 heteroatoms. The van der Waals surface area contributed by atoms with Crippen molar-refractivity contribution in [3.05, 3.63) is 22.4 Å². The second-order valence-corrected chi connectivity index (χ2v) is 6.05. The number of nitrogens with zero attached hydrogens (tertiary/aromatic N) is 3. The number of aliphatic imine (C=N–C) groups is 1. The summed E-state index contributed by atoms with van der Waals surface area (Å²) in [7, 11) is 3.97. The number of hydrogen-bond acceptors (Lipinski definition) is 2. The number of nitrogens with one attached hydrogen (secondary N) is 2. The van der Waals surface area contributed by atoms with E-state index in [1.807, 2.05) is 39.0 Å². The van der Waals surface area contributed by atoms with Gasteiger partial charge in [-0.3, -0.25) is 4.79 Å². The number of guanidine groups is 1. The van der Waals surface area contributed by atoms with Crippen molar-refractivity contribution >= 4 is 27.8 Å². The molecule has 0 saturated heterocycles. The minimum atomic E-state index is -0.0488. The molecule has 1 heterocycles. The van der Waals surface area contributed by atoms with Crippen LogP contribution in [0.5, 0.6) is 0 Å². The molecule has 1 amide bonds. The van der Waals surface area contributed by atoms with Crippen molar-refractivity contribution < 1.29 is 4.79 Å². The molecule has 22 heavy (non-hydrogen) atoms. The predicted molar refractivity (Wildman–Crippen MR) is 93.9 cm³/mol. The van der Waals surface area contributed by atoms with E-state index in [0.717, 1.165) is 29.1 Å². The van der Waals surface area contributed by atoms with Crippen molar-refractivity contribution in [2.75, 3.05) is 26.7 Å². The van der Waals surface area contributed by atoms with Crippen LogP contribution in [0.4, 0.5) is 0 Å². The van der Waals surface area contributed by atoms with Gasteiger partial charge in [0.1, 0.15) is 6.54 Å². The minimum absolute atomic E-state index is 0.0488. The number of aryl methyl sites for hydroxylation is 1. The molecule has 2 N–H and O–H groups in total. The first kappa shape index (κ1) is 18.5. The van der Waals surface area contributed by atoms with Crippen molar-refractivity contribution in [1.82, 2.24) is 20.1 Å². The molecule has 0 atom stereocenters. The second-order valence-electron chi connectivity index (χ2n) is 5.14. The Bertz CT molecular complexity index is 512. The zero-order valence-electron chi connectivity index (χ0n) is 13.8. The number of carbonyl (C=O) groups is 1. The van der Waals surface area contributed by atoms with Gasteiger partial charge in [0.05, 0.1) is 6.54 Å². The standard InChI is InChI=1S/C15H26BrN5O/c1-5-7-18-14(22)9-19-15(17-6-2)21(4)11-13-8-12(16)10-20(13)3/h8,10H,5-7,9,11H2,1-4H3,(H,17,19)(H,18,22). The number of carbonyl (C=O) groups excluding carboxylic acids is 1. The fourth-order valence-electron chi connectivity index (χ4n) is 1.98. The van der Waals surface area contributed by atoms with Gasteiger partial charge in [0, 0.05) is 43.5 Å². The number of aromatic nitrogens is 1. The van der Waals surface area contributed by atoms with Crippen LogP contribution in [0.1, 0.15) is 26.0 Å². The van der Waals surface area contributed by atoms with Crippen LogP contribution < -0.4 is 10.6 Å². The summed E-state index contributed by atoms with van der Waals surface area (Å²) in [6.45, 7) is 6.35. The molecule has 0 aliphatic rings. The maximum Gasteiger partial charge on any atom is 0.241 e. The zero-order valence-corrected chi connectivity index (χ0v) is 15.4. The van der Waals surface area contributed by atoms with E-state index in [4.69, 9.17) is 0 Å². The number of rotatable bonds is 7. The molecule has 1 aromatic rings. The molecule has 0 unspecified atom stereocenters. The molecule has 0 aromatic carbocycles. The highest BCUT2D eigenvalue weighted by molar-refractivity contribution is 9.10. The highest BCUT2D eigenvalue weighted by Crippen LogP contribution is 2.14. The first-order chi connectivity index (χ1) is 10.5. The molecular weight excluding hydrogens is 346 g/mol. The van der Waals surface area contributed by atoms with Crippen LogP contribution >= 0.6 is 15.9 Å². The van der Waals surface area contributed by atoms with Gasteiger partial charge in [0.2, 0.25) is 5.91 Å². The van der Waals surface area contributed by atoms with Crippen LogP contribution in [0.25, 0.3) is 0 Å². The Morgan fingerprint density at radius 1 is 1.41 bits per heavy atom. The fraction of sp³-hybridized carbons (Fsp3) is 0.600. The van der Waals surface area contributed by atoms with Gasteiger partial charge in [-0.2, -0.15) is 0 Å². The second kappa shape index (κ2) is 9.50. The number of hydrogen-bond donors (Lipinski definition) is 2. The summed E-state index contributed by atoms with van der Waals surface area (Å²) in [5.74, 6) is 0.679. The molecule has 1 aromatic heterocycles. The van der Waals surface area contributed by atoms with Crippen molar-refractivity contribution in [2.24, 2.45) is 12.0 Å². The van der Waals surface area contributed by atoms with Gasteiger partial charge in [0.25, 0.3) is 0 Å². The largest absolute Gasteiger partial charge is 0.357 e. The molecule has 0 saturated carbocycles. The topological polar surface area (TPSA) is 61.7 Å². The summed E-state index contributed by atoms with van der Waals surface area (Å²) >= 11 is 3.48. The lowest BCUT2D eigenvalue weighted by Gasteiger charge is -2.22. The Morgan fingerprint density at radius 3 is 2.68 bits per heavy atom. The SMILES string of the molecule is CCCNC(=O)CN=C(NCC)N(C)Cc1cc(Br)cn1C.